The smallest absolute Gasteiger partial charge is 0.414 e. The van der Waals surface area contributed by atoms with Crippen molar-refractivity contribution in [1.29, 1.82) is 0 Å². The van der Waals surface area contributed by atoms with Crippen LogP contribution in [-0.4, -0.2) is 72.0 Å². The van der Waals surface area contributed by atoms with Crippen molar-refractivity contribution < 1.29 is 33.4 Å². The molecule has 1 spiro atoms. The maximum Gasteiger partial charge on any atom is 0.414 e. The molecule has 224 valence electrons. The summed E-state index contributed by atoms with van der Waals surface area (Å²) in [5.74, 6) is -1.93. The van der Waals surface area contributed by atoms with Gasteiger partial charge < -0.3 is 24.4 Å². The lowest BCUT2D eigenvalue weighted by Gasteiger charge is -2.33. The number of ether oxygens (including phenoxy) is 2. The van der Waals surface area contributed by atoms with Crippen LogP contribution in [0.5, 0.6) is 0 Å². The largest absolute Gasteiger partial charge is 0.447 e. The number of halogens is 1. The number of alkyl halides is 1. The molecule has 2 aromatic rings. The predicted molar refractivity (Wildman–Crippen MR) is 154 cm³/mol. The Labute approximate surface area is 245 Å². The highest BCUT2D eigenvalue weighted by Crippen LogP contribution is 2.59. The fourth-order valence-corrected chi connectivity index (χ4v) is 7.60. The molecular formula is C32H38FN3O6. The van der Waals surface area contributed by atoms with Gasteiger partial charge in [-0.2, -0.15) is 0 Å². The van der Waals surface area contributed by atoms with Gasteiger partial charge in [0.1, 0.15) is 12.3 Å². The number of aliphatic hydroxyl groups is 1. The molecule has 0 aliphatic carbocycles. The van der Waals surface area contributed by atoms with E-state index in [1.54, 1.807) is 21.9 Å². The molecule has 0 saturated carbocycles. The quantitative estimate of drug-likeness (QED) is 0.529. The summed E-state index contributed by atoms with van der Waals surface area (Å²) in [7, 11) is 0. The summed E-state index contributed by atoms with van der Waals surface area (Å²) < 4.78 is 28.0. The SMILES string of the molecule is C[C@@H]1[C@@H](C(C)(C)F)[C@H](CC(=O)N2CCC[C@H]2CO)O[C@@]12C(=O)N(Cc1ccccc1)c1ccc(N3CCOC3=O)cc12. The lowest BCUT2D eigenvalue weighted by molar-refractivity contribution is -0.150. The molecule has 0 bridgehead atoms. The zero-order chi connectivity index (χ0) is 29.8. The Balaban J connectivity index is 1.43. The number of aliphatic hydroxyl groups excluding tert-OH is 1. The molecule has 0 unspecified atom stereocenters. The van der Waals surface area contributed by atoms with E-state index in [0.717, 1.165) is 12.0 Å². The number of rotatable bonds is 7. The Morgan fingerprint density at radius 1 is 1.14 bits per heavy atom. The molecule has 0 aromatic heterocycles. The molecule has 10 heteroatoms. The summed E-state index contributed by atoms with van der Waals surface area (Å²) in [4.78, 5) is 45.4. The van der Waals surface area contributed by atoms with Gasteiger partial charge in [0.15, 0.2) is 5.60 Å². The zero-order valence-electron chi connectivity index (χ0n) is 24.3. The van der Waals surface area contributed by atoms with Crippen LogP contribution in [-0.2, 0) is 31.2 Å². The highest BCUT2D eigenvalue weighted by atomic mass is 19.1. The van der Waals surface area contributed by atoms with Crippen molar-refractivity contribution in [2.75, 3.05) is 36.1 Å². The van der Waals surface area contributed by atoms with Crippen LogP contribution in [0.3, 0.4) is 0 Å². The van der Waals surface area contributed by atoms with Gasteiger partial charge in [-0.25, -0.2) is 9.18 Å². The van der Waals surface area contributed by atoms with Crippen molar-refractivity contribution >= 4 is 29.3 Å². The second-order valence-electron chi connectivity index (χ2n) is 12.4. The molecule has 1 N–H and O–H groups in total. The molecule has 4 heterocycles. The molecule has 6 rings (SSSR count). The van der Waals surface area contributed by atoms with Gasteiger partial charge in [0.25, 0.3) is 5.91 Å². The Morgan fingerprint density at radius 3 is 2.57 bits per heavy atom. The number of benzene rings is 2. The second kappa shape index (κ2) is 10.6. The van der Waals surface area contributed by atoms with Gasteiger partial charge in [-0.15, -0.1) is 0 Å². The van der Waals surface area contributed by atoms with Gasteiger partial charge in [-0.1, -0.05) is 37.3 Å². The summed E-state index contributed by atoms with van der Waals surface area (Å²) in [6, 6.07) is 14.7. The predicted octanol–water partition coefficient (Wildman–Crippen LogP) is 4.16. The Morgan fingerprint density at radius 2 is 1.90 bits per heavy atom. The maximum atomic E-state index is 16.1. The van der Waals surface area contributed by atoms with Crippen molar-refractivity contribution in [2.24, 2.45) is 11.8 Å². The maximum absolute atomic E-state index is 16.1. The first-order valence-electron chi connectivity index (χ1n) is 14.8. The highest BCUT2D eigenvalue weighted by molar-refractivity contribution is 6.08. The third-order valence-electron chi connectivity index (χ3n) is 9.48. The fourth-order valence-electron chi connectivity index (χ4n) is 7.60. The Bertz CT molecular complexity index is 1380. The summed E-state index contributed by atoms with van der Waals surface area (Å²) in [6.45, 7) is 6.10. The highest BCUT2D eigenvalue weighted by Gasteiger charge is 2.66. The van der Waals surface area contributed by atoms with Gasteiger partial charge in [0.2, 0.25) is 5.91 Å². The van der Waals surface area contributed by atoms with Crippen LogP contribution >= 0.6 is 0 Å². The molecule has 4 aliphatic heterocycles. The van der Waals surface area contributed by atoms with Crippen LogP contribution in [0.15, 0.2) is 48.5 Å². The number of amides is 3. The van der Waals surface area contributed by atoms with Gasteiger partial charge in [-0.3, -0.25) is 14.5 Å². The van der Waals surface area contributed by atoms with Crippen LogP contribution in [0.4, 0.5) is 20.6 Å². The topological polar surface area (TPSA) is 99.6 Å². The Hall–Kier alpha value is -3.50. The van der Waals surface area contributed by atoms with E-state index < -0.39 is 35.3 Å². The second-order valence-corrected chi connectivity index (χ2v) is 12.4. The molecule has 3 fully saturated rings. The number of anilines is 2. The minimum absolute atomic E-state index is 0.0972. The monoisotopic (exact) mass is 579 g/mol. The van der Waals surface area contributed by atoms with E-state index in [9.17, 15) is 19.5 Å². The zero-order valence-corrected chi connectivity index (χ0v) is 24.3. The minimum atomic E-state index is -1.76. The van der Waals surface area contributed by atoms with Crippen molar-refractivity contribution in [1.82, 2.24) is 4.90 Å². The van der Waals surface area contributed by atoms with Crippen LogP contribution in [0, 0.1) is 11.8 Å². The first kappa shape index (κ1) is 28.6. The normalized spacial score (nSPS) is 29.1. The number of carbonyl (C=O) groups is 3. The van der Waals surface area contributed by atoms with Crippen molar-refractivity contribution in [3.63, 3.8) is 0 Å². The third-order valence-corrected chi connectivity index (χ3v) is 9.48. The van der Waals surface area contributed by atoms with Crippen LogP contribution in [0.2, 0.25) is 0 Å². The van der Waals surface area contributed by atoms with Gasteiger partial charge in [-0.05, 0) is 50.5 Å². The van der Waals surface area contributed by atoms with E-state index in [-0.39, 0.29) is 44.0 Å². The first-order valence-corrected chi connectivity index (χ1v) is 14.8. The number of cyclic esters (lactones) is 1. The van der Waals surface area contributed by atoms with E-state index in [1.165, 1.54) is 18.7 Å². The van der Waals surface area contributed by atoms with E-state index >= 15 is 4.39 Å². The average molecular weight is 580 g/mol. The Kier molecular flexibility index (Phi) is 7.25. The summed E-state index contributed by atoms with van der Waals surface area (Å²) in [6.07, 6.45) is 0.0725. The van der Waals surface area contributed by atoms with E-state index in [4.69, 9.17) is 9.47 Å². The van der Waals surface area contributed by atoms with Crippen molar-refractivity contribution in [3.8, 4) is 0 Å². The molecular weight excluding hydrogens is 541 g/mol. The number of hydrogen-bond donors (Lipinski definition) is 1. The number of fused-ring (bicyclic) bond motifs is 2. The molecule has 9 nitrogen and oxygen atoms in total. The molecule has 0 radical (unpaired) electrons. The fraction of sp³-hybridized carbons (Fsp3) is 0.531. The molecule has 5 atom stereocenters. The summed E-state index contributed by atoms with van der Waals surface area (Å²) in [5, 5.41) is 9.79. The van der Waals surface area contributed by atoms with Gasteiger partial charge in [0, 0.05) is 29.6 Å². The first-order chi connectivity index (χ1) is 20.1. The number of carbonyl (C=O) groups excluding carboxylic acids is 3. The van der Waals surface area contributed by atoms with Crippen LogP contribution in [0.1, 0.15) is 51.2 Å². The van der Waals surface area contributed by atoms with E-state index in [2.05, 4.69) is 0 Å². The summed E-state index contributed by atoms with van der Waals surface area (Å²) in [5.41, 5.74) is -0.631. The molecule has 42 heavy (non-hydrogen) atoms. The lowest BCUT2D eigenvalue weighted by atomic mass is 9.71. The average Bonchev–Trinajstić information content (AvgIpc) is 3.72. The lowest BCUT2D eigenvalue weighted by Crippen LogP contribution is -2.45. The summed E-state index contributed by atoms with van der Waals surface area (Å²) >= 11 is 0. The van der Waals surface area contributed by atoms with E-state index in [1.807, 2.05) is 43.3 Å². The van der Waals surface area contributed by atoms with Gasteiger partial charge in [0.05, 0.1) is 44.0 Å². The van der Waals surface area contributed by atoms with E-state index in [0.29, 0.717) is 36.4 Å². The number of nitrogens with zero attached hydrogens (tertiary/aromatic N) is 3. The van der Waals surface area contributed by atoms with Crippen LogP contribution < -0.4 is 9.80 Å². The molecule has 2 aromatic carbocycles. The third kappa shape index (κ3) is 4.55. The van der Waals surface area contributed by atoms with Crippen LogP contribution in [0.25, 0.3) is 0 Å². The molecule has 4 aliphatic rings. The van der Waals surface area contributed by atoms with Gasteiger partial charge >= 0.3 is 6.09 Å². The number of likely N-dealkylation sites (tertiary alicyclic amines) is 1. The molecule has 3 saturated heterocycles. The van der Waals surface area contributed by atoms with Crippen molar-refractivity contribution in [3.05, 3.63) is 59.7 Å². The standard InChI is InChI=1S/C32H38FN3O6/c1-20-28(31(2,3)33)26(17-27(38)34-13-7-10-23(34)19-37)42-32(20)24-16-22(35-14-15-41-30(35)40)11-12-25(24)36(29(32)39)18-21-8-5-4-6-9-21/h4-6,8-9,11-12,16,20,23,26,28,37H,7,10,13-15,17-19H2,1-3H3/t20-,23+,26+,28-,32+/m1/s1. The number of hydrogen-bond acceptors (Lipinski definition) is 6. The molecule has 3 amide bonds. The minimum Gasteiger partial charge on any atom is -0.447 e. The van der Waals surface area contributed by atoms with Crippen molar-refractivity contribution in [2.45, 2.75) is 70.0 Å².